The molecule has 1 rings (SSSR count). The molecule has 11 heavy (non-hydrogen) atoms. The largest absolute Gasteiger partial charge is 0.393 e. The molecule has 0 radical (unpaired) electrons. The van der Waals surface area contributed by atoms with Gasteiger partial charge >= 0.3 is 6.18 Å². The number of halogens is 3. The van der Waals surface area contributed by atoms with Gasteiger partial charge in [0.05, 0.1) is 5.92 Å². The van der Waals surface area contributed by atoms with Crippen LogP contribution in [0.3, 0.4) is 0 Å². The van der Waals surface area contributed by atoms with Gasteiger partial charge < -0.3 is 11.1 Å². The van der Waals surface area contributed by atoms with Crippen molar-refractivity contribution in [2.24, 2.45) is 11.7 Å². The Balaban J connectivity index is 2.46. The zero-order chi connectivity index (χ0) is 8.48. The molecule has 2 nitrogen and oxygen atoms in total. The fourth-order valence-electron chi connectivity index (χ4n) is 1.22. The maximum absolute atomic E-state index is 12.0. The lowest BCUT2D eigenvalue weighted by molar-refractivity contribution is -0.179. The Morgan fingerprint density at radius 3 is 2.27 bits per heavy atom. The van der Waals surface area contributed by atoms with E-state index in [2.05, 4.69) is 5.32 Å². The van der Waals surface area contributed by atoms with E-state index in [4.69, 9.17) is 5.73 Å². The Morgan fingerprint density at radius 1 is 1.27 bits per heavy atom. The van der Waals surface area contributed by atoms with Crippen LogP contribution in [-0.4, -0.2) is 25.3 Å². The maximum Gasteiger partial charge on any atom is 0.393 e. The van der Waals surface area contributed by atoms with Crippen LogP contribution >= 0.6 is 0 Å². The second kappa shape index (κ2) is 2.98. The average Bonchev–Trinajstić information content (AvgIpc) is 1.86. The van der Waals surface area contributed by atoms with E-state index in [0.717, 1.165) is 0 Å². The molecule has 0 unspecified atom stereocenters. The third-order valence-corrected chi connectivity index (χ3v) is 1.85. The number of nitrogens with one attached hydrogen (secondary N) is 1. The molecule has 0 spiro atoms. The van der Waals surface area contributed by atoms with E-state index in [9.17, 15) is 13.2 Å². The van der Waals surface area contributed by atoms with Crippen LogP contribution in [0.5, 0.6) is 0 Å². The highest BCUT2D eigenvalue weighted by Gasteiger charge is 2.41. The molecule has 1 heterocycles. The fourth-order valence-corrected chi connectivity index (χ4v) is 1.22. The lowest BCUT2D eigenvalue weighted by Gasteiger charge is -2.28. The summed E-state index contributed by atoms with van der Waals surface area (Å²) in [6.45, 7) is 0.504. The summed E-state index contributed by atoms with van der Waals surface area (Å²) in [4.78, 5) is 0. The van der Waals surface area contributed by atoms with Gasteiger partial charge in [-0.1, -0.05) is 0 Å². The van der Waals surface area contributed by atoms with Gasteiger partial charge in [0.25, 0.3) is 0 Å². The van der Waals surface area contributed by atoms with Crippen molar-refractivity contribution in [2.45, 2.75) is 18.6 Å². The van der Waals surface area contributed by atoms with Crippen LogP contribution in [0.25, 0.3) is 0 Å². The van der Waals surface area contributed by atoms with Gasteiger partial charge in [0, 0.05) is 19.1 Å². The highest BCUT2D eigenvalue weighted by molar-refractivity contribution is 4.82. The van der Waals surface area contributed by atoms with E-state index in [0.29, 0.717) is 6.54 Å². The summed E-state index contributed by atoms with van der Waals surface area (Å²) in [5.41, 5.74) is 5.36. The van der Waals surface area contributed by atoms with Gasteiger partial charge in [0.15, 0.2) is 0 Å². The minimum atomic E-state index is -4.09. The van der Waals surface area contributed by atoms with Crippen LogP contribution in [-0.2, 0) is 0 Å². The number of piperidine rings is 1. The summed E-state index contributed by atoms with van der Waals surface area (Å²) in [5, 5.41) is 2.65. The number of alkyl halides is 3. The molecule has 0 saturated carbocycles. The van der Waals surface area contributed by atoms with Crippen molar-refractivity contribution in [3.05, 3.63) is 0 Å². The van der Waals surface area contributed by atoms with E-state index in [1.165, 1.54) is 0 Å². The van der Waals surface area contributed by atoms with Crippen molar-refractivity contribution in [3.63, 3.8) is 0 Å². The second-order valence-electron chi connectivity index (χ2n) is 2.89. The van der Waals surface area contributed by atoms with Crippen molar-refractivity contribution in [1.82, 2.24) is 5.32 Å². The Labute approximate surface area is 62.9 Å². The van der Waals surface area contributed by atoms with Crippen LogP contribution in [0.1, 0.15) is 6.42 Å². The monoisotopic (exact) mass is 168 g/mol. The molecule has 0 amide bonds. The zero-order valence-electron chi connectivity index (χ0n) is 5.99. The Bertz CT molecular complexity index is 134. The lowest BCUT2D eigenvalue weighted by Crippen LogP contribution is -2.48. The summed E-state index contributed by atoms with van der Waals surface area (Å²) in [5.74, 6) is -1.26. The van der Waals surface area contributed by atoms with Crippen molar-refractivity contribution < 1.29 is 13.2 Å². The summed E-state index contributed by atoms with van der Waals surface area (Å²) >= 11 is 0. The summed E-state index contributed by atoms with van der Waals surface area (Å²) in [7, 11) is 0. The zero-order valence-corrected chi connectivity index (χ0v) is 5.99. The minimum Gasteiger partial charge on any atom is -0.327 e. The molecule has 1 aliphatic rings. The predicted octanol–water partition coefficient (Wildman–Crippen LogP) is 0.485. The maximum atomic E-state index is 12.0. The molecule has 0 aliphatic carbocycles. The van der Waals surface area contributed by atoms with Crippen molar-refractivity contribution >= 4 is 0 Å². The molecule has 1 fully saturated rings. The molecule has 2 atom stereocenters. The first-order chi connectivity index (χ1) is 5.00. The van der Waals surface area contributed by atoms with Crippen LogP contribution in [0, 0.1) is 5.92 Å². The van der Waals surface area contributed by atoms with Crippen molar-refractivity contribution in [2.75, 3.05) is 13.1 Å². The second-order valence-corrected chi connectivity index (χ2v) is 2.89. The van der Waals surface area contributed by atoms with Crippen LogP contribution in [0.2, 0.25) is 0 Å². The third-order valence-electron chi connectivity index (χ3n) is 1.85. The first-order valence-electron chi connectivity index (χ1n) is 3.53. The van der Waals surface area contributed by atoms with Crippen LogP contribution in [0.4, 0.5) is 13.2 Å². The van der Waals surface area contributed by atoms with E-state index in [-0.39, 0.29) is 19.0 Å². The standard InChI is InChI=1S/C6H11F3N2/c7-6(8,9)4-1-5(10)3-11-2-4/h4-5,11H,1-3,10H2/t4-,5+/m0/s1. The molecule has 1 aliphatic heterocycles. The smallest absolute Gasteiger partial charge is 0.327 e. The van der Waals surface area contributed by atoms with Gasteiger partial charge in [-0.2, -0.15) is 13.2 Å². The number of nitrogens with two attached hydrogens (primary N) is 1. The van der Waals surface area contributed by atoms with E-state index < -0.39 is 12.1 Å². The first-order valence-corrected chi connectivity index (χ1v) is 3.53. The normalized spacial score (nSPS) is 33.8. The molecule has 0 aromatic carbocycles. The van der Waals surface area contributed by atoms with Crippen LogP contribution in [0.15, 0.2) is 0 Å². The van der Waals surface area contributed by atoms with E-state index >= 15 is 0 Å². The fraction of sp³-hybridized carbons (Fsp3) is 1.00. The minimum absolute atomic E-state index is 0.0111. The summed E-state index contributed by atoms with van der Waals surface area (Å²) in [6.07, 6.45) is -4.04. The number of hydrogen-bond donors (Lipinski definition) is 2. The van der Waals surface area contributed by atoms with Crippen molar-refractivity contribution in [1.29, 1.82) is 0 Å². The molecular weight excluding hydrogens is 157 g/mol. The summed E-state index contributed by atoms with van der Waals surface area (Å²) in [6, 6.07) is -0.352. The molecule has 3 N–H and O–H groups in total. The molecule has 1 saturated heterocycles. The van der Waals surface area contributed by atoms with Gasteiger partial charge in [-0.25, -0.2) is 0 Å². The quantitative estimate of drug-likeness (QED) is 0.552. The van der Waals surface area contributed by atoms with Gasteiger partial charge in [-0.15, -0.1) is 0 Å². The Morgan fingerprint density at radius 2 is 1.91 bits per heavy atom. The molecule has 0 bridgehead atoms. The number of rotatable bonds is 0. The van der Waals surface area contributed by atoms with Gasteiger partial charge in [-0.05, 0) is 6.42 Å². The molecule has 66 valence electrons. The lowest BCUT2D eigenvalue weighted by atomic mass is 9.96. The average molecular weight is 168 g/mol. The van der Waals surface area contributed by atoms with E-state index in [1.807, 2.05) is 0 Å². The van der Waals surface area contributed by atoms with E-state index in [1.54, 1.807) is 0 Å². The predicted molar refractivity (Wildman–Crippen MR) is 35.0 cm³/mol. The third kappa shape index (κ3) is 2.34. The summed E-state index contributed by atoms with van der Waals surface area (Å²) < 4.78 is 36.1. The Hall–Kier alpha value is -0.290. The SMILES string of the molecule is N[C@H]1CNC[C@@H](C(F)(F)F)C1. The first kappa shape index (κ1) is 8.80. The molecular formula is C6H11F3N2. The molecule has 0 aromatic heterocycles. The highest BCUT2D eigenvalue weighted by Crippen LogP contribution is 2.30. The highest BCUT2D eigenvalue weighted by atomic mass is 19.4. The molecule has 0 aromatic rings. The van der Waals surface area contributed by atoms with Crippen molar-refractivity contribution in [3.8, 4) is 0 Å². The van der Waals surface area contributed by atoms with Gasteiger partial charge in [0.1, 0.15) is 0 Å². The van der Waals surface area contributed by atoms with Crippen LogP contribution < -0.4 is 11.1 Å². The van der Waals surface area contributed by atoms with Gasteiger partial charge in [-0.3, -0.25) is 0 Å². The topological polar surface area (TPSA) is 38.0 Å². The van der Waals surface area contributed by atoms with Gasteiger partial charge in [0.2, 0.25) is 0 Å². The Kier molecular flexibility index (Phi) is 2.39. The number of hydrogen-bond acceptors (Lipinski definition) is 2. The molecule has 5 heteroatoms.